The highest BCUT2D eigenvalue weighted by atomic mass is 32.1. The average Bonchev–Trinajstić information content (AvgIpc) is 2.65. The molecule has 0 saturated carbocycles. The molecule has 4 nitrogen and oxygen atoms in total. The smallest absolute Gasteiger partial charge is 0.202 e. The van der Waals surface area contributed by atoms with Gasteiger partial charge in [0.05, 0.1) is 6.61 Å². The number of anilines is 1. The molecular weight excluding hydrogens is 210 g/mol. The highest BCUT2D eigenvalue weighted by Gasteiger charge is 2.00. The zero-order valence-corrected chi connectivity index (χ0v) is 10.4. The van der Waals surface area contributed by atoms with Gasteiger partial charge >= 0.3 is 0 Å². The SMILES string of the molecule is CCc1nsc(NCCOCC(C)C)n1. The minimum absolute atomic E-state index is 0.596. The number of nitrogens with one attached hydrogen (secondary N) is 1. The van der Waals surface area contributed by atoms with Crippen LogP contribution in [0.1, 0.15) is 26.6 Å². The van der Waals surface area contributed by atoms with Crippen LogP contribution in [0.2, 0.25) is 0 Å². The number of hydrogen-bond acceptors (Lipinski definition) is 5. The molecule has 0 fully saturated rings. The summed E-state index contributed by atoms with van der Waals surface area (Å²) in [4.78, 5) is 4.30. The van der Waals surface area contributed by atoms with Crippen LogP contribution in [0.3, 0.4) is 0 Å². The molecule has 0 saturated heterocycles. The van der Waals surface area contributed by atoms with Crippen molar-refractivity contribution < 1.29 is 4.74 Å². The molecule has 1 heterocycles. The normalized spacial score (nSPS) is 10.9. The van der Waals surface area contributed by atoms with Crippen LogP contribution in [-0.4, -0.2) is 29.1 Å². The predicted molar refractivity (Wildman–Crippen MR) is 63.4 cm³/mol. The second kappa shape index (κ2) is 6.74. The summed E-state index contributed by atoms with van der Waals surface area (Å²) in [6.07, 6.45) is 0.891. The number of ether oxygens (including phenoxy) is 1. The molecule has 1 aromatic rings. The van der Waals surface area contributed by atoms with E-state index in [1.165, 1.54) is 11.5 Å². The third-order valence-corrected chi connectivity index (χ3v) is 2.47. The Balaban J connectivity index is 2.09. The summed E-state index contributed by atoms with van der Waals surface area (Å²) in [5, 5.41) is 4.08. The monoisotopic (exact) mass is 229 g/mol. The molecule has 0 bridgehead atoms. The van der Waals surface area contributed by atoms with E-state index in [0.29, 0.717) is 5.92 Å². The zero-order valence-electron chi connectivity index (χ0n) is 9.62. The molecule has 5 heteroatoms. The van der Waals surface area contributed by atoms with Crippen molar-refractivity contribution in [3.63, 3.8) is 0 Å². The van der Waals surface area contributed by atoms with Crippen molar-refractivity contribution >= 4 is 16.7 Å². The minimum atomic E-state index is 0.596. The highest BCUT2D eigenvalue weighted by molar-refractivity contribution is 7.09. The fraction of sp³-hybridized carbons (Fsp3) is 0.800. The summed E-state index contributed by atoms with van der Waals surface area (Å²) < 4.78 is 9.63. The van der Waals surface area contributed by atoms with Gasteiger partial charge in [0, 0.05) is 31.1 Å². The first-order valence-electron chi connectivity index (χ1n) is 5.36. The van der Waals surface area contributed by atoms with Gasteiger partial charge in [0.15, 0.2) is 0 Å². The van der Waals surface area contributed by atoms with Crippen LogP contribution in [0.15, 0.2) is 0 Å². The summed E-state index contributed by atoms with van der Waals surface area (Å²) in [6, 6.07) is 0. The van der Waals surface area contributed by atoms with Gasteiger partial charge in [0.1, 0.15) is 5.82 Å². The summed E-state index contributed by atoms with van der Waals surface area (Å²) in [6.45, 7) is 8.68. The Hall–Kier alpha value is -0.680. The van der Waals surface area contributed by atoms with E-state index < -0.39 is 0 Å². The van der Waals surface area contributed by atoms with E-state index in [4.69, 9.17) is 4.74 Å². The predicted octanol–water partition coefficient (Wildman–Crippen LogP) is 2.18. The molecule has 0 aromatic carbocycles. The largest absolute Gasteiger partial charge is 0.379 e. The van der Waals surface area contributed by atoms with Gasteiger partial charge in [0.2, 0.25) is 5.13 Å². The maximum atomic E-state index is 5.44. The van der Waals surface area contributed by atoms with Gasteiger partial charge in [0.25, 0.3) is 0 Å². The lowest BCUT2D eigenvalue weighted by Crippen LogP contribution is -2.11. The Bertz CT molecular complexity index is 275. The Morgan fingerprint density at radius 2 is 2.27 bits per heavy atom. The van der Waals surface area contributed by atoms with E-state index in [0.717, 1.165) is 37.1 Å². The van der Waals surface area contributed by atoms with E-state index in [2.05, 4.69) is 35.4 Å². The minimum Gasteiger partial charge on any atom is -0.379 e. The Morgan fingerprint density at radius 3 is 2.87 bits per heavy atom. The van der Waals surface area contributed by atoms with E-state index >= 15 is 0 Å². The first-order chi connectivity index (χ1) is 7.22. The molecule has 1 aromatic heterocycles. The lowest BCUT2D eigenvalue weighted by atomic mass is 10.2. The first kappa shape index (κ1) is 12.4. The molecule has 0 aliphatic carbocycles. The van der Waals surface area contributed by atoms with Crippen molar-refractivity contribution in [2.45, 2.75) is 27.2 Å². The van der Waals surface area contributed by atoms with Crippen molar-refractivity contribution in [3.8, 4) is 0 Å². The van der Waals surface area contributed by atoms with Gasteiger partial charge in [-0.3, -0.25) is 0 Å². The molecule has 0 atom stereocenters. The van der Waals surface area contributed by atoms with Crippen LogP contribution in [-0.2, 0) is 11.2 Å². The maximum absolute atomic E-state index is 5.44. The van der Waals surface area contributed by atoms with Crippen LogP contribution in [0.5, 0.6) is 0 Å². The fourth-order valence-electron chi connectivity index (χ4n) is 1.02. The van der Waals surface area contributed by atoms with Crippen LogP contribution >= 0.6 is 11.5 Å². The summed E-state index contributed by atoms with van der Waals surface area (Å²) in [7, 11) is 0. The molecule has 15 heavy (non-hydrogen) atoms. The van der Waals surface area contributed by atoms with Crippen molar-refractivity contribution in [2.75, 3.05) is 25.1 Å². The van der Waals surface area contributed by atoms with Crippen LogP contribution in [0.25, 0.3) is 0 Å². The molecule has 86 valence electrons. The lowest BCUT2D eigenvalue weighted by Gasteiger charge is -2.06. The molecule has 0 unspecified atom stereocenters. The van der Waals surface area contributed by atoms with Crippen molar-refractivity contribution in [3.05, 3.63) is 5.82 Å². The molecule has 0 amide bonds. The van der Waals surface area contributed by atoms with Gasteiger partial charge in [-0.05, 0) is 5.92 Å². The third kappa shape index (κ3) is 5.09. The van der Waals surface area contributed by atoms with Crippen LogP contribution in [0, 0.1) is 5.92 Å². The van der Waals surface area contributed by atoms with Crippen molar-refractivity contribution in [1.82, 2.24) is 9.36 Å². The summed E-state index contributed by atoms with van der Waals surface area (Å²) in [5.74, 6) is 1.50. The Morgan fingerprint density at radius 1 is 1.47 bits per heavy atom. The molecule has 0 radical (unpaired) electrons. The summed E-state index contributed by atoms with van der Waals surface area (Å²) in [5.41, 5.74) is 0. The topological polar surface area (TPSA) is 47.0 Å². The highest BCUT2D eigenvalue weighted by Crippen LogP contribution is 2.10. The Labute approximate surface area is 95.2 Å². The average molecular weight is 229 g/mol. The first-order valence-corrected chi connectivity index (χ1v) is 6.14. The molecule has 0 aliphatic rings. The molecular formula is C10H19N3OS. The van der Waals surface area contributed by atoms with Gasteiger partial charge in [-0.15, -0.1) is 0 Å². The number of aryl methyl sites for hydroxylation is 1. The quantitative estimate of drug-likeness (QED) is 0.728. The van der Waals surface area contributed by atoms with Crippen LogP contribution < -0.4 is 5.32 Å². The van der Waals surface area contributed by atoms with Gasteiger partial charge < -0.3 is 10.1 Å². The molecule has 0 spiro atoms. The second-order valence-corrected chi connectivity index (χ2v) is 4.52. The van der Waals surface area contributed by atoms with E-state index in [-0.39, 0.29) is 0 Å². The van der Waals surface area contributed by atoms with Gasteiger partial charge in [-0.1, -0.05) is 20.8 Å². The van der Waals surface area contributed by atoms with Crippen molar-refractivity contribution in [1.29, 1.82) is 0 Å². The summed E-state index contributed by atoms with van der Waals surface area (Å²) >= 11 is 1.41. The van der Waals surface area contributed by atoms with Crippen molar-refractivity contribution in [2.24, 2.45) is 5.92 Å². The van der Waals surface area contributed by atoms with E-state index in [1.807, 2.05) is 0 Å². The number of rotatable bonds is 7. The zero-order chi connectivity index (χ0) is 11.1. The van der Waals surface area contributed by atoms with Gasteiger partial charge in [-0.25, -0.2) is 4.98 Å². The second-order valence-electron chi connectivity index (χ2n) is 3.76. The third-order valence-electron chi connectivity index (χ3n) is 1.76. The van der Waals surface area contributed by atoms with E-state index in [9.17, 15) is 0 Å². The number of aromatic nitrogens is 2. The van der Waals surface area contributed by atoms with E-state index in [1.54, 1.807) is 0 Å². The molecule has 0 aliphatic heterocycles. The van der Waals surface area contributed by atoms with Crippen LogP contribution in [0.4, 0.5) is 5.13 Å². The molecule has 1 N–H and O–H groups in total. The number of nitrogens with zero attached hydrogens (tertiary/aromatic N) is 2. The maximum Gasteiger partial charge on any atom is 0.202 e. The fourth-order valence-corrected chi connectivity index (χ4v) is 1.69. The molecule has 1 rings (SSSR count). The number of hydrogen-bond donors (Lipinski definition) is 1. The van der Waals surface area contributed by atoms with Gasteiger partial charge in [-0.2, -0.15) is 4.37 Å². The Kier molecular flexibility index (Phi) is 5.57. The lowest BCUT2D eigenvalue weighted by molar-refractivity contribution is 0.118. The standard InChI is InChI=1S/C10H19N3OS/c1-4-9-12-10(15-13-9)11-5-6-14-7-8(2)3/h8H,4-7H2,1-3H3,(H,11,12,13).